The molecule has 0 bridgehead atoms. The zero-order chi connectivity index (χ0) is 10.7. The van der Waals surface area contributed by atoms with Crippen molar-refractivity contribution < 1.29 is 47.6 Å². The van der Waals surface area contributed by atoms with E-state index >= 15 is 0 Å². The first kappa shape index (κ1) is 12.5. The van der Waals surface area contributed by atoms with Crippen molar-refractivity contribution >= 4 is 21.8 Å². The SMILES string of the molecule is O=C(OOP(=O)(O)O)OP(=O)(O)O. The minimum Gasteiger partial charge on any atom is -0.336 e. The summed E-state index contributed by atoms with van der Waals surface area (Å²) in [6, 6.07) is 0. The third-order valence-electron chi connectivity index (χ3n) is 0.396. The molecule has 0 aromatic rings. The van der Waals surface area contributed by atoms with Crippen LogP contribution in [0.5, 0.6) is 0 Å². The van der Waals surface area contributed by atoms with Gasteiger partial charge < -0.3 is 14.3 Å². The summed E-state index contributed by atoms with van der Waals surface area (Å²) in [5.74, 6) is 0. The number of hydrogen-bond donors (Lipinski definition) is 4. The van der Waals surface area contributed by atoms with Gasteiger partial charge in [-0.1, -0.05) is 4.67 Å². The van der Waals surface area contributed by atoms with Crippen LogP contribution in [-0.2, 0) is 23.2 Å². The van der Waals surface area contributed by atoms with Crippen LogP contribution in [0.25, 0.3) is 0 Å². The van der Waals surface area contributed by atoms with Gasteiger partial charge >= 0.3 is 21.8 Å². The molecule has 0 aromatic heterocycles. The number of hydrogen-bond acceptors (Lipinski definition) is 6. The van der Waals surface area contributed by atoms with E-state index in [1.165, 1.54) is 0 Å². The zero-order valence-electron chi connectivity index (χ0n) is 5.63. The molecule has 0 saturated heterocycles. The third-order valence-corrected chi connectivity index (χ3v) is 1.05. The zero-order valence-corrected chi connectivity index (χ0v) is 7.42. The van der Waals surface area contributed by atoms with Crippen LogP contribution >= 0.6 is 15.6 Å². The highest BCUT2D eigenvalue weighted by atomic mass is 31.2. The van der Waals surface area contributed by atoms with E-state index in [1.807, 2.05) is 0 Å². The van der Waals surface area contributed by atoms with E-state index in [0.717, 1.165) is 0 Å². The average molecular weight is 238 g/mol. The topological polar surface area (TPSA) is 160 Å². The van der Waals surface area contributed by atoms with Crippen LogP contribution in [-0.4, -0.2) is 25.7 Å². The normalized spacial score (nSPS) is 12.3. The summed E-state index contributed by atoms with van der Waals surface area (Å²) < 4.78 is 26.0. The predicted molar refractivity (Wildman–Crippen MR) is 32.7 cm³/mol. The molecule has 0 saturated carbocycles. The number of carbonyl (C=O) groups excluding carboxylic acids is 1. The maximum Gasteiger partial charge on any atom is 0.549 e. The minimum absolute atomic E-state index is 2.07. The molecule has 0 spiro atoms. The molecule has 0 heterocycles. The lowest BCUT2D eigenvalue weighted by Crippen LogP contribution is -2.05. The summed E-state index contributed by atoms with van der Waals surface area (Å²) >= 11 is 0. The molecule has 10 nitrogen and oxygen atoms in total. The summed E-state index contributed by atoms with van der Waals surface area (Å²) in [6.07, 6.45) is -2.07. The fourth-order valence-corrected chi connectivity index (χ4v) is 0.574. The summed E-state index contributed by atoms with van der Waals surface area (Å²) in [4.78, 5) is 45.0. The van der Waals surface area contributed by atoms with Gasteiger partial charge in [0.05, 0.1) is 0 Å². The van der Waals surface area contributed by atoms with Gasteiger partial charge in [-0.15, -0.1) is 0 Å². The van der Waals surface area contributed by atoms with Gasteiger partial charge in [-0.05, 0) is 0 Å². The molecule has 0 aliphatic heterocycles. The van der Waals surface area contributed by atoms with Crippen LogP contribution in [0.3, 0.4) is 0 Å². The van der Waals surface area contributed by atoms with Crippen molar-refractivity contribution in [3.05, 3.63) is 0 Å². The summed E-state index contributed by atoms with van der Waals surface area (Å²) in [7, 11) is -10.2. The number of carbonyl (C=O) groups is 1. The summed E-state index contributed by atoms with van der Waals surface area (Å²) in [5, 5.41) is 0. The molecule has 0 rings (SSSR count). The summed E-state index contributed by atoms with van der Waals surface area (Å²) in [5.41, 5.74) is 0. The average Bonchev–Trinajstić information content (AvgIpc) is 1.78. The summed E-state index contributed by atoms with van der Waals surface area (Å²) in [6.45, 7) is 0. The van der Waals surface area contributed by atoms with Crippen molar-refractivity contribution in [3.8, 4) is 0 Å². The molecule has 0 unspecified atom stereocenters. The Balaban J connectivity index is 3.92. The van der Waals surface area contributed by atoms with Gasteiger partial charge in [0, 0.05) is 0 Å². The highest BCUT2D eigenvalue weighted by Crippen LogP contribution is 2.39. The van der Waals surface area contributed by atoms with E-state index in [1.54, 1.807) is 0 Å². The third kappa shape index (κ3) is 9.44. The van der Waals surface area contributed by atoms with Crippen LogP contribution in [0.15, 0.2) is 0 Å². The fraction of sp³-hybridized carbons (Fsp3) is 0. The molecular formula is CH4O10P2. The molecule has 0 aliphatic carbocycles. The van der Waals surface area contributed by atoms with Crippen LogP contribution in [0.2, 0.25) is 0 Å². The quantitative estimate of drug-likeness (QED) is 0.280. The van der Waals surface area contributed by atoms with E-state index < -0.39 is 21.8 Å². The van der Waals surface area contributed by atoms with Crippen LogP contribution < -0.4 is 0 Å². The first-order valence-electron chi connectivity index (χ1n) is 2.31. The van der Waals surface area contributed by atoms with E-state index in [4.69, 9.17) is 19.6 Å². The molecule has 0 amide bonds. The molecule has 0 radical (unpaired) electrons. The van der Waals surface area contributed by atoms with Crippen molar-refractivity contribution in [2.45, 2.75) is 0 Å². The Morgan fingerprint density at radius 3 is 1.77 bits per heavy atom. The number of phosphoric ester groups is 1. The lowest BCUT2D eigenvalue weighted by Gasteiger charge is -2.04. The van der Waals surface area contributed by atoms with Gasteiger partial charge in [-0.2, -0.15) is 0 Å². The molecule has 4 N–H and O–H groups in total. The number of phosphoric acid groups is 2. The van der Waals surface area contributed by atoms with Gasteiger partial charge in [0.1, 0.15) is 0 Å². The number of rotatable bonds is 3. The minimum atomic E-state index is -5.11. The van der Waals surface area contributed by atoms with Crippen molar-refractivity contribution in [1.82, 2.24) is 0 Å². The molecule has 0 aromatic carbocycles. The van der Waals surface area contributed by atoms with Crippen molar-refractivity contribution in [1.29, 1.82) is 0 Å². The monoisotopic (exact) mass is 238 g/mol. The Kier molecular flexibility index (Phi) is 4.01. The van der Waals surface area contributed by atoms with E-state index in [-0.39, 0.29) is 0 Å². The Labute approximate surface area is 70.4 Å². The van der Waals surface area contributed by atoms with Gasteiger partial charge in [0.2, 0.25) is 0 Å². The van der Waals surface area contributed by atoms with Gasteiger partial charge in [0.15, 0.2) is 0 Å². The highest BCUT2D eigenvalue weighted by molar-refractivity contribution is 7.47. The molecule has 78 valence electrons. The highest BCUT2D eigenvalue weighted by Gasteiger charge is 2.26. The first-order valence-corrected chi connectivity index (χ1v) is 5.37. The van der Waals surface area contributed by atoms with Crippen LogP contribution in [0.1, 0.15) is 0 Å². The van der Waals surface area contributed by atoms with Crippen LogP contribution in [0, 0.1) is 0 Å². The van der Waals surface area contributed by atoms with E-state index in [2.05, 4.69) is 14.1 Å². The van der Waals surface area contributed by atoms with Crippen molar-refractivity contribution in [3.63, 3.8) is 0 Å². The van der Waals surface area contributed by atoms with Gasteiger partial charge in [-0.3, -0.25) is 9.79 Å². The second-order valence-corrected chi connectivity index (χ2v) is 3.77. The predicted octanol–water partition coefficient (Wildman–Crippen LogP) is -0.743. The van der Waals surface area contributed by atoms with E-state index in [9.17, 15) is 13.9 Å². The van der Waals surface area contributed by atoms with Crippen molar-refractivity contribution in [2.24, 2.45) is 0 Å². The van der Waals surface area contributed by atoms with Crippen molar-refractivity contribution in [2.75, 3.05) is 0 Å². The molecule has 0 fully saturated rings. The second-order valence-electron chi connectivity index (χ2n) is 1.48. The van der Waals surface area contributed by atoms with Crippen LogP contribution in [0.4, 0.5) is 4.79 Å². The largest absolute Gasteiger partial charge is 0.549 e. The molecule has 0 atom stereocenters. The molecule has 12 heteroatoms. The van der Waals surface area contributed by atoms with E-state index in [0.29, 0.717) is 0 Å². The molecular weight excluding hydrogens is 234 g/mol. The maximum atomic E-state index is 10.1. The maximum absolute atomic E-state index is 10.1. The Morgan fingerprint density at radius 2 is 1.46 bits per heavy atom. The Hall–Kier alpha value is -0.470. The lowest BCUT2D eigenvalue weighted by molar-refractivity contribution is -0.176. The smallest absolute Gasteiger partial charge is 0.336 e. The van der Waals surface area contributed by atoms with Gasteiger partial charge in [-0.25, -0.2) is 18.8 Å². The first-order chi connectivity index (χ1) is 5.60. The second kappa shape index (κ2) is 4.16. The lowest BCUT2D eigenvalue weighted by atomic mass is 11.4. The van der Waals surface area contributed by atoms with Gasteiger partial charge in [0.25, 0.3) is 0 Å². The molecule has 0 aliphatic rings. The fourth-order valence-electron chi connectivity index (χ4n) is 0.191. The standard InChI is InChI=1S/CH4O10P2/c2-1(10-12(3,4)5)9-11-13(6,7)8/h(H2,3,4,5)(H2,6,7,8). The Morgan fingerprint density at radius 1 is 1.00 bits per heavy atom. The molecule has 13 heavy (non-hydrogen) atoms. The Bertz CT molecular complexity index is 267.